The lowest BCUT2D eigenvalue weighted by molar-refractivity contribution is 0.356. The maximum absolute atomic E-state index is 5.96. The fraction of sp³-hybridized carbons (Fsp3) is 0.333. The molecule has 0 radical (unpaired) electrons. The van der Waals surface area contributed by atoms with Crippen molar-refractivity contribution in [3.63, 3.8) is 0 Å². The van der Waals surface area contributed by atoms with Crippen LogP contribution in [0.3, 0.4) is 0 Å². The zero-order valence-electron chi connectivity index (χ0n) is 8.57. The third-order valence-corrected chi connectivity index (χ3v) is 2.11. The molecule has 1 rings (SSSR count). The number of para-hydroxylation sites is 1. The average Bonchev–Trinajstić information content (AvgIpc) is 2.25. The van der Waals surface area contributed by atoms with E-state index in [9.17, 15) is 0 Å². The number of hydrogen-bond donors (Lipinski definition) is 1. The van der Waals surface area contributed by atoms with Crippen LogP contribution in [0.15, 0.2) is 36.9 Å². The minimum absolute atomic E-state index is 0.0519. The molecule has 1 aromatic carbocycles. The molecule has 1 aromatic rings. The lowest BCUT2D eigenvalue weighted by atomic mass is 10.0. The van der Waals surface area contributed by atoms with Crippen LogP contribution in [-0.4, -0.2) is 6.61 Å². The van der Waals surface area contributed by atoms with Gasteiger partial charge < -0.3 is 10.5 Å². The van der Waals surface area contributed by atoms with Gasteiger partial charge in [0.15, 0.2) is 0 Å². The van der Waals surface area contributed by atoms with E-state index in [4.69, 9.17) is 10.5 Å². The molecule has 0 aliphatic carbocycles. The van der Waals surface area contributed by atoms with E-state index in [1.165, 1.54) is 0 Å². The van der Waals surface area contributed by atoms with Gasteiger partial charge in [-0.2, -0.15) is 0 Å². The number of nitrogens with two attached hydrogens (primary N) is 1. The van der Waals surface area contributed by atoms with E-state index in [0.717, 1.165) is 17.7 Å². The predicted octanol–water partition coefficient (Wildman–Crippen LogP) is 2.66. The molecule has 0 aromatic heterocycles. The second-order valence-electron chi connectivity index (χ2n) is 3.15. The van der Waals surface area contributed by atoms with Crippen molar-refractivity contribution in [1.29, 1.82) is 0 Å². The van der Waals surface area contributed by atoms with Crippen molar-refractivity contribution in [1.82, 2.24) is 0 Å². The van der Waals surface area contributed by atoms with Crippen molar-refractivity contribution in [3.8, 4) is 5.75 Å². The molecule has 0 aliphatic heterocycles. The van der Waals surface area contributed by atoms with Crippen molar-refractivity contribution in [2.24, 2.45) is 5.73 Å². The zero-order valence-corrected chi connectivity index (χ0v) is 8.57. The minimum atomic E-state index is 0.0519. The first-order valence-electron chi connectivity index (χ1n) is 4.87. The molecule has 0 aliphatic rings. The van der Waals surface area contributed by atoms with Crippen LogP contribution in [0.4, 0.5) is 0 Å². The van der Waals surface area contributed by atoms with Crippen molar-refractivity contribution >= 4 is 0 Å². The first kappa shape index (κ1) is 10.8. The summed E-state index contributed by atoms with van der Waals surface area (Å²) >= 11 is 0. The summed E-state index contributed by atoms with van der Waals surface area (Å²) < 4.78 is 5.51. The summed E-state index contributed by atoms with van der Waals surface area (Å²) in [6.45, 7) is 6.20. The lowest BCUT2D eigenvalue weighted by Crippen LogP contribution is -2.10. The Morgan fingerprint density at radius 1 is 1.50 bits per heavy atom. The number of hydrogen-bond acceptors (Lipinski definition) is 2. The Balaban J connectivity index is 2.84. The highest BCUT2D eigenvalue weighted by atomic mass is 16.5. The summed E-state index contributed by atoms with van der Waals surface area (Å²) in [5.41, 5.74) is 7.03. The summed E-state index contributed by atoms with van der Waals surface area (Å²) in [6, 6.07) is 7.92. The van der Waals surface area contributed by atoms with Gasteiger partial charge in [0, 0.05) is 11.6 Å². The molecule has 2 N–H and O–H groups in total. The molecule has 2 nitrogen and oxygen atoms in total. The normalized spacial score (nSPS) is 12.1. The Bertz CT molecular complexity index is 296. The van der Waals surface area contributed by atoms with Gasteiger partial charge in [-0.1, -0.05) is 37.8 Å². The van der Waals surface area contributed by atoms with Gasteiger partial charge in [0.2, 0.25) is 0 Å². The van der Waals surface area contributed by atoms with Crippen molar-refractivity contribution in [2.75, 3.05) is 6.61 Å². The molecule has 0 amide bonds. The predicted molar refractivity (Wildman–Crippen MR) is 59.4 cm³/mol. The van der Waals surface area contributed by atoms with Crippen LogP contribution in [0, 0.1) is 0 Å². The first-order chi connectivity index (χ1) is 6.79. The summed E-state index contributed by atoms with van der Waals surface area (Å²) in [4.78, 5) is 0. The maximum atomic E-state index is 5.96. The Hall–Kier alpha value is -1.28. The molecular weight excluding hydrogens is 174 g/mol. The third-order valence-electron chi connectivity index (χ3n) is 2.11. The minimum Gasteiger partial charge on any atom is -0.489 e. The molecule has 0 heterocycles. The van der Waals surface area contributed by atoms with Gasteiger partial charge in [-0.3, -0.25) is 0 Å². The Morgan fingerprint density at radius 3 is 2.86 bits per heavy atom. The fourth-order valence-electron chi connectivity index (χ4n) is 1.29. The molecule has 1 unspecified atom stereocenters. The van der Waals surface area contributed by atoms with Gasteiger partial charge in [0.25, 0.3) is 0 Å². The average molecular weight is 191 g/mol. The second-order valence-corrected chi connectivity index (χ2v) is 3.15. The van der Waals surface area contributed by atoms with Gasteiger partial charge in [0.1, 0.15) is 12.4 Å². The summed E-state index contributed by atoms with van der Waals surface area (Å²) in [6.07, 6.45) is 2.64. The highest BCUT2D eigenvalue weighted by molar-refractivity contribution is 5.35. The highest BCUT2D eigenvalue weighted by Crippen LogP contribution is 2.25. The van der Waals surface area contributed by atoms with Gasteiger partial charge in [-0.15, -0.1) is 0 Å². The summed E-state index contributed by atoms with van der Waals surface area (Å²) in [5, 5.41) is 0. The molecule has 76 valence electrons. The van der Waals surface area contributed by atoms with Crippen LogP contribution in [0.1, 0.15) is 24.9 Å². The van der Waals surface area contributed by atoms with E-state index >= 15 is 0 Å². The molecule has 0 saturated heterocycles. The second kappa shape index (κ2) is 5.45. The highest BCUT2D eigenvalue weighted by Gasteiger charge is 2.08. The third kappa shape index (κ3) is 2.60. The monoisotopic (exact) mass is 191 g/mol. The summed E-state index contributed by atoms with van der Waals surface area (Å²) in [7, 11) is 0. The van der Waals surface area contributed by atoms with Gasteiger partial charge >= 0.3 is 0 Å². The van der Waals surface area contributed by atoms with Crippen LogP contribution < -0.4 is 10.5 Å². The topological polar surface area (TPSA) is 35.2 Å². The molecule has 2 heteroatoms. The zero-order chi connectivity index (χ0) is 10.4. The van der Waals surface area contributed by atoms with E-state index in [2.05, 4.69) is 13.5 Å². The van der Waals surface area contributed by atoms with Crippen LogP contribution in [-0.2, 0) is 0 Å². The lowest BCUT2D eigenvalue weighted by Gasteiger charge is -2.14. The van der Waals surface area contributed by atoms with Crippen molar-refractivity contribution in [3.05, 3.63) is 42.5 Å². The van der Waals surface area contributed by atoms with Crippen LogP contribution in [0.2, 0.25) is 0 Å². The van der Waals surface area contributed by atoms with Crippen LogP contribution in [0.5, 0.6) is 5.75 Å². The van der Waals surface area contributed by atoms with Gasteiger partial charge in [-0.05, 0) is 12.5 Å². The Morgan fingerprint density at radius 2 is 2.21 bits per heavy atom. The number of rotatable bonds is 5. The van der Waals surface area contributed by atoms with Crippen LogP contribution >= 0.6 is 0 Å². The van der Waals surface area contributed by atoms with Gasteiger partial charge in [-0.25, -0.2) is 0 Å². The molecular formula is C12H17NO. The van der Waals surface area contributed by atoms with E-state index in [0.29, 0.717) is 6.61 Å². The molecule has 0 saturated carbocycles. The Kier molecular flexibility index (Phi) is 4.20. The molecule has 0 bridgehead atoms. The van der Waals surface area contributed by atoms with E-state index in [1.54, 1.807) is 6.08 Å². The molecule has 0 spiro atoms. The quantitative estimate of drug-likeness (QED) is 0.726. The largest absolute Gasteiger partial charge is 0.489 e. The maximum Gasteiger partial charge on any atom is 0.124 e. The SMILES string of the molecule is C=CCOc1ccccc1C(N)CC. The van der Waals surface area contributed by atoms with E-state index < -0.39 is 0 Å². The molecule has 0 fully saturated rings. The molecule has 14 heavy (non-hydrogen) atoms. The smallest absolute Gasteiger partial charge is 0.124 e. The van der Waals surface area contributed by atoms with Crippen molar-refractivity contribution in [2.45, 2.75) is 19.4 Å². The summed E-state index contributed by atoms with van der Waals surface area (Å²) in [5.74, 6) is 0.863. The van der Waals surface area contributed by atoms with E-state index in [1.807, 2.05) is 24.3 Å². The number of ether oxygens (including phenoxy) is 1. The van der Waals surface area contributed by atoms with Gasteiger partial charge in [0.05, 0.1) is 0 Å². The molecule has 1 atom stereocenters. The Labute approximate surface area is 85.4 Å². The van der Waals surface area contributed by atoms with E-state index in [-0.39, 0.29) is 6.04 Å². The van der Waals surface area contributed by atoms with Crippen LogP contribution in [0.25, 0.3) is 0 Å². The number of benzene rings is 1. The standard InChI is InChI=1S/C12H17NO/c1-3-9-14-12-8-6-5-7-10(12)11(13)4-2/h3,5-8,11H,1,4,9,13H2,2H3. The first-order valence-corrected chi connectivity index (χ1v) is 4.87. The van der Waals surface area contributed by atoms with Crippen molar-refractivity contribution < 1.29 is 4.74 Å². The fourth-order valence-corrected chi connectivity index (χ4v) is 1.29.